The minimum absolute atomic E-state index is 0.0609. The van der Waals surface area contributed by atoms with E-state index in [-0.39, 0.29) is 29.8 Å². The summed E-state index contributed by atoms with van der Waals surface area (Å²) in [5, 5.41) is 8.31. The number of thiazole rings is 1. The topological polar surface area (TPSA) is 233 Å². The first-order valence-electron chi connectivity index (χ1n) is 12.5. The molecule has 0 spiro atoms. The summed E-state index contributed by atoms with van der Waals surface area (Å²) in [6, 6.07) is 2.31. The Bertz CT molecular complexity index is 1550. The third kappa shape index (κ3) is 7.36. The van der Waals surface area contributed by atoms with Gasteiger partial charge < -0.3 is 30.9 Å². The number of hydrogen-bond acceptors (Lipinski definition) is 14. The van der Waals surface area contributed by atoms with Gasteiger partial charge in [-0.3, -0.25) is 9.59 Å². The van der Waals surface area contributed by atoms with Crippen molar-refractivity contribution < 1.29 is 41.0 Å². The maximum Gasteiger partial charge on any atom is 0.276 e. The number of pyridine rings is 1. The second kappa shape index (κ2) is 12.8. The number of aromatic nitrogens is 4. The second-order valence-electron chi connectivity index (χ2n) is 9.42. The normalized spacial score (nSPS) is 16.7. The number of ether oxygens (including phenoxy) is 1. The lowest BCUT2D eigenvalue weighted by atomic mass is 9.84. The predicted octanol–water partition coefficient (Wildman–Crippen LogP) is -1.16. The van der Waals surface area contributed by atoms with E-state index in [2.05, 4.69) is 24.7 Å². The number of nitrogens with zero attached hydrogens (tertiary/aromatic N) is 6. The van der Waals surface area contributed by atoms with Gasteiger partial charge in [0, 0.05) is 11.4 Å². The summed E-state index contributed by atoms with van der Waals surface area (Å²) in [6.07, 6.45) is 8.16. The molecule has 1 fully saturated rings. The first kappa shape index (κ1) is 30.8. The van der Waals surface area contributed by atoms with Crippen LogP contribution in [-0.2, 0) is 35.7 Å². The molecule has 3 aromatic rings. The fourth-order valence-electron chi connectivity index (χ4n) is 3.87. The Morgan fingerprint density at radius 1 is 1.33 bits per heavy atom. The molecule has 0 radical (unpaired) electrons. The number of hydrogen-bond donors (Lipinski definition) is 3. The Hall–Kier alpha value is -4.17. The number of amides is 2. The molecule has 2 amide bonds. The van der Waals surface area contributed by atoms with E-state index in [1.807, 2.05) is 27.9 Å². The molecule has 0 aromatic carbocycles. The molecule has 1 aliphatic heterocycles. The third-order valence-electron chi connectivity index (χ3n) is 5.99. The number of aryl methyl sites for hydroxylation is 1. The average Bonchev–Trinajstić information content (AvgIpc) is 3.60. The van der Waals surface area contributed by atoms with Gasteiger partial charge in [-0.1, -0.05) is 5.16 Å². The number of nitrogen functional groups attached to an aromatic ring is 1. The maximum absolute atomic E-state index is 13.0. The Morgan fingerprint density at radius 2 is 2.12 bits per heavy atom. The van der Waals surface area contributed by atoms with Crippen LogP contribution in [0.5, 0.6) is 5.75 Å². The number of imidazole rings is 1. The zero-order valence-electron chi connectivity index (χ0n) is 22.6. The summed E-state index contributed by atoms with van der Waals surface area (Å²) < 4.78 is 46.5. The number of rotatable bonds is 14. The molecule has 1 unspecified atom stereocenters. The van der Waals surface area contributed by atoms with Gasteiger partial charge in [-0.05, 0) is 32.9 Å². The van der Waals surface area contributed by atoms with Crippen molar-refractivity contribution in [2.75, 3.05) is 25.5 Å². The highest BCUT2D eigenvalue weighted by molar-refractivity contribution is 7.80. The minimum atomic E-state index is -5.20. The Labute approximate surface area is 244 Å². The molecular weight excluding hydrogens is 594 g/mol. The predicted molar refractivity (Wildman–Crippen MR) is 146 cm³/mol. The van der Waals surface area contributed by atoms with Gasteiger partial charge in [0.15, 0.2) is 17.5 Å². The van der Waals surface area contributed by atoms with Crippen LogP contribution >= 0.6 is 11.3 Å². The molecule has 5 N–H and O–H groups in total. The SMILES string of the molecule is CC1(C)C(NC(=O)C(=NOCCOc2ccc(-n3cc[n+](CCCN)c3)nc2)c2csc(N)n2)C(=O)N1OS(=O)(=O)[O-]. The maximum atomic E-state index is 13.0. The van der Waals surface area contributed by atoms with Crippen molar-refractivity contribution in [1.29, 1.82) is 0 Å². The van der Waals surface area contributed by atoms with Crippen LogP contribution in [0.1, 0.15) is 26.0 Å². The van der Waals surface area contributed by atoms with Gasteiger partial charge in [0.2, 0.25) is 22.5 Å². The van der Waals surface area contributed by atoms with E-state index >= 15 is 0 Å². The number of β-lactam (4-membered cyclic amide) rings is 1. The van der Waals surface area contributed by atoms with Gasteiger partial charge in [0.25, 0.3) is 11.8 Å². The molecule has 42 heavy (non-hydrogen) atoms. The van der Waals surface area contributed by atoms with Gasteiger partial charge in [-0.15, -0.1) is 11.3 Å². The van der Waals surface area contributed by atoms with Crippen LogP contribution in [0, 0.1) is 0 Å². The minimum Gasteiger partial charge on any atom is -0.724 e. The quantitative estimate of drug-likeness (QED) is 0.0367. The van der Waals surface area contributed by atoms with Crippen LogP contribution in [0.15, 0.2) is 47.6 Å². The van der Waals surface area contributed by atoms with Crippen LogP contribution < -0.4 is 26.1 Å². The molecule has 19 heteroatoms. The molecule has 17 nitrogen and oxygen atoms in total. The van der Waals surface area contributed by atoms with Crippen LogP contribution in [0.3, 0.4) is 0 Å². The fourth-order valence-corrected chi connectivity index (χ4v) is 4.87. The molecule has 0 saturated carbocycles. The van der Waals surface area contributed by atoms with Crippen molar-refractivity contribution in [3.63, 3.8) is 0 Å². The molecule has 1 saturated heterocycles. The van der Waals surface area contributed by atoms with E-state index in [0.717, 1.165) is 24.3 Å². The summed E-state index contributed by atoms with van der Waals surface area (Å²) in [7, 11) is -5.20. The van der Waals surface area contributed by atoms with Crippen molar-refractivity contribution >= 4 is 44.4 Å². The van der Waals surface area contributed by atoms with Crippen molar-refractivity contribution in [1.82, 2.24) is 24.9 Å². The van der Waals surface area contributed by atoms with Crippen molar-refractivity contribution in [2.45, 2.75) is 38.4 Å². The monoisotopic (exact) mass is 623 g/mol. The summed E-state index contributed by atoms with van der Waals surface area (Å²) in [5.41, 5.74) is 9.69. The number of anilines is 1. The molecule has 1 aliphatic rings. The lowest BCUT2D eigenvalue weighted by Gasteiger charge is -2.51. The van der Waals surface area contributed by atoms with Crippen LogP contribution in [0.25, 0.3) is 5.82 Å². The highest BCUT2D eigenvalue weighted by atomic mass is 32.3. The van der Waals surface area contributed by atoms with Gasteiger partial charge in [-0.25, -0.2) is 23.0 Å². The van der Waals surface area contributed by atoms with Crippen LogP contribution in [0.4, 0.5) is 5.13 Å². The molecular formula is C23H29N9O8S2. The summed E-state index contributed by atoms with van der Waals surface area (Å²) in [5.74, 6) is -0.615. The van der Waals surface area contributed by atoms with Gasteiger partial charge in [-0.2, -0.15) is 13.9 Å². The Morgan fingerprint density at radius 3 is 2.74 bits per heavy atom. The molecule has 3 aromatic heterocycles. The van der Waals surface area contributed by atoms with Gasteiger partial charge in [0.05, 0.1) is 18.3 Å². The average molecular weight is 624 g/mol. The Balaban J connectivity index is 1.33. The van der Waals surface area contributed by atoms with E-state index < -0.39 is 33.8 Å². The molecule has 4 heterocycles. The van der Waals surface area contributed by atoms with E-state index in [9.17, 15) is 22.6 Å². The number of nitrogens with one attached hydrogen (secondary N) is 1. The number of carbonyl (C=O) groups is 2. The van der Waals surface area contributed by atoms with E-state index in [0.29, 0.717) is 23.2 Å². The van der Waals surface area contributed by atoms with E-state index in [1.165, 1.54) is 19.2 Å². The first-order valence-corrected chi connectivity index (χ1v) is 14.7. The highest BCUT2D eigenvalue weighted by Crippen LogP contribution is 2.32. The number of oxime groups is 1. The van der Waals surface area contributed by atoms with Crippen molar-refractivity contribution in [3.05, 3.63) is 48.1 Å². The summed E-state index contributed by atoms with van der Waals surface area (Å²) >= 11 is 1.05. The van der Waals surface area contributed by atoms with Crippen LogP contribution in [-0.4, -0.2) is 81.4 Å². The Kier molecular flexibility index (Phi) is 9.36. The fraction of sp³-hybridized carbons (Fsp3) is 0.391. The van der Waals surface area contributed by atoms with E-state index in [1.54, 1.807) is 18.3 Å². The largest absolute Gasteiger partial charge is 0.724 e. The summed E-state index contributed by atoms with van der Waals surface area (Å²) in [4.78, 5) is 39.1. The second-order valence-corrected chi connectivity index (χ2v) is 11.3. The standard InChI is InChI=1S/C23H29N9O8S2/c1-23(2)19(21(34)32(23)40-42(35,36)37)28-20(33)18(16-13-41-22(25)27-16)29-39-11-10-38-15-4-5-17(26-12-15)31-9-8-30(14-31)7-3-6-24/h4-5,8-9,12-14,19H,3,6-7,10-11,24H2,1-2H3,(H3-,25,27,28,33,35,36,37). The number of nitrogens with two attached hydrogens (primary N) is 2. The zero-order valence-corrected chi connectivity index (χ0v) is 24.2. The first-order chi connectivity index (χ1) is 19.9. The van der Waals surface area contributed by atoms with Gasteiger partial charge >= 0.3 is 0 Å². The lowest BCUT2D eigenvalue weighted by molar-refractivity contribution is -0.696. The smallest absolute Gasteiger partial charge is 0.276 e. The van der Waals surface area contributed by atoms with Crippen molar-refractivity contribution in [3.8, 4) is 11.6 Å². The van der Waals surface area contributed by atoms with Gasteiger partial charge in [0.1, 0.15) is 36.5 Å². The molecule has 1 atom stereocenters. The molecule has 226 valence electrons. The zero-order chi connectivity index (χ0) is 30.5. The van der Waals surface area contributed by atoms with Crippen molar-refractivity contribution in [2.24, 2.45) is 10.9 Å². The van der Waals surface area contributed by atoms with E-state index in [4.69, 9.17) is 21.0 Å². The number of carbonyl (C=O) groups excluding carboxylic acids is 2. The third-order valence-corrected chi connectivity index (χ3v) is 7.00. The highest BCUT2D eigenvalue weighted by Gasteiger charge is 2.57. The molecule has 0 bridgehead atoms. The molecule has 0 aliphatic carbocycles. The number of hydroxylamine groups is 2. The lowest BCUT2D eigenvalue weighted by Crippen LogP contribution is -2.76. The molecule has 4 rings (SSSR count). The van der Waals surface area contributed by atoms with Crippen LogP contribution in [0.2, 0.25) is 0 Å². The summed E-state index contributed by atoms with van der Waals surface area (Å²) in [6.45, 7) is 4.22.